The van der Waals surface area contributed by atoms with E-state index in [1.165, 1.54) is 11.6 Å². The number of amides is 1. The smallest absolute Gasteiger partial charge is 0.228 e. The number of benzene rings is 3. The molecule has 0 atom stereocenters. The second-order valence-electron chi connectivity index (χ2n) is 6.42. The average molecular weight is 378 g/mol. The van der Waals surface area contributed by atoms with Crippen molar-refractivity contribution < 1.29 is 13.9 Å². The van der Waals surface area contributed by atoms with E-state index in [1.54, 1.807) is 25.3 Å². The number of hydrogen-bond acceptors (Lipinski definition) is 3. The summed E-state index contributed by atoms with van der Waals surface area (Å²) in [6.45, 7) is 0.784. The van der Waals surface area contributed by atoms with Gasteiger partial charge in [0, 0.05) is 17.9 Å². The molecule has 0 aromatic heterocycles. The largest absolute Gasteiger partial charge is 0.497 e. The minimum absolute atomic E-state index is 0.00716. The summed E-state index contributed by atoms with van der Waals surface area (Å²) >= 11 is 0. The third-order valence-electron chi connectivity index (χ3n) is 4.35. The van der Waals surface area contributed by atoms with Gasteiger partial charge in [0.25, 0.3) is 0 Å². The first-order valence-corrected chi connectivity index (χ1v) is 9.14. The molecule has 0 aliphatic heterocycles. The summed E-state index contributed by atoms with van der Waals surface area (Å²) in [6.07, 6.45) is 0.880. The van der Waals surface area contributed by atoms with Gasteiger partial charge < -0.3 is 15.4 Å². The highest BCUT2D eigenvalue weighted by Gasteiger charge is 2.08. The van der Waals surface area contributed by atoms with Gasteiger partial charge in [-0.1, -0.05) is 30.3 Å². The first-order chi connectivity index (χ1) is 13.6. The van der Waals surface area contributed by atoms with Crippen LogP contribution in [-0.2, 0) is 17.6 Å². The topological polar surface area (TPSA) is 50.4 Å². The highest BCUT2D eigenvalue weighted by molar-refractivity contribution is 5.92. The van der Waals surface area contributed by atoms with E-state index in [2.05, 4.69) is 16.7 Å². The number of carbonyl (C=O) groups excluding carboxylic acids is 1. The van der Waals surface area contributed by atoms with Gasteiger partial charge in [0.2, 0.25) is 5.91 Å². The van der Waals surface area contributed by atoms with Gasteiger partial charge in [-0.25, -0.2) is 4.39 Å². The zero-order valence-electron chi connectivity index (χ0n) is 15.7. The molecule has 28 heavy (non-hydrogen) atoms. The minimum atomic E-state index is -0.367. The summed E-state index contributed by atoms with van der Waals surface area (Å²) in [4.78, 5) is 12.1. The molecule has 0 heterocycles. The van der Waals surface area contributed by atoms with E-state index >= 15 is 0 Å². The first-order valence-electron chi connectivity index (χ1n) is 9.14. The van der Waals surface area contributed by atoms with Crippen LogP contribution in [0.15, 0.2) is 72.8 Å². The molecule has 3 aromatic carbocycles. The predicted molar refractivity (Wildman–Crippen MR) is 110 cm³/mol. The van der Waals surface area contributed by atoms with Crippen molar-refractivity contribution in [2.75, 3.05) is 24.3 Å². The van der Waals surface area contributed by atoms with E-state index in [4.69, 9.17) is 4.74 Å². The van der Waals surface area contributed by atoms with Crippen LogP contribution < -0.4 is 15.4 Å². The van der Waals surface area contributed by atoms with Crippen molar-refractivity contribution in [1.29, 1.82) is 0 Å². The van der Waals surface area contributed by atoms with Crippen LogP contribution in [0.25, 0.3) is 0 Å². The summed E-state index contributed by atoms with van der Waals surface area (Å²) in [5.41, 5.74) is 3.23. The number of anilines is 2. The molecule has 144 valence electrons. The Bertz CT molecular complexity index is 926. The normalized spacial score (nSPS) is 10.4. The third-order valence-corrected chi connectivity index (χ3v) is 4.35. The number of rotatable bonds is 8. The third kappa shape index (κ3) is 5.58. The van der Waals surface area contributed by atoms with Crippen LogP contribution in [0.2, 0.25) is 0 Å². The summed E-state index contributed by atoms with van der Waals surface area (Å²) < 4.78 is 18.9. The monoisotopic (exact) mass is 378 g/mol. The van der Waals surface area contributed by atoms with Crippen molar-refractivity contribution >= 4 is 17.3 Å². The van der Waals surface area contributed by atoms with Crippen LogP contribution in [0.4, 0.5) is 15.8 Å². The molecule has 1 amide bonds. The molecule has 0 aliphatic rings. The molecule has 3 rings (SSSR count). The zero-order chi connectivity index (χ0) is 19.8. The lowest BCUT2D eigenvalue weighted by atomic mass is 10.1. The summed E-state index contributed by atoms with van der Waals surface area (Å²) in [5, 5.41) is 6.15. The summed E-state index contributed by atoms with van der Waals surface area (Å²) in [5.74, 6) is 0.241. The van der Waals surface area contributed by atoms with E-state index in [9.17, 15) is 9.18 Å². The lowest BCUT2D eigenvalue weighted by Crippen LogP contribution is -2.15. The van der Waals surface area contributed by atoms with Gasteiger partial charge in [0.15, 0.2) is 0 Å². The standard InChI is InChI=1S/C23H23FN2O2/c1-28-21-7-4-5-17(15-21)13-14-25-19-9-11-20(12-10-19)26-23(27)16-18-6-2-3-8-22(18)24/h2-12,15,25H,13-14,16H2,1H3,(H,26,27). The van der Waals surface area contributed by atoms with Gasteiger partial charge in [-0.05, 0) is 60.0 Å². The van der Waals surface area contributed by atoms with E-state index in [0.717, 1.165) is 24.4 Å². The van der Waals surface area contributed by atoms with Crippen LogP contribution >= 0.6 is 0 Å². The molecule has 0 saturated heterocycles. The van der Waals surface area contributed by atoms with Crippen LogP contribution in [0, 0.1) is 5.82 Å². The highest BCUT2D eigenvalue weighted by atomic mass is 19.1. The molecular weight excluding hydrogens is 355 g/mol. The van der Waals surface area contributed by atoms with E-state index in [0.29, 0.717) is 11.3 Å². The predicted octanol–water partition coefficient (Wildman–Crippen LogP) is 4.67. The number of nitrogens with one attached hydrogen (secondary N) is 2. The van der Waals surface area contributed by atoms with Gasteiger partial charge >= 0.3 is 0 Å². The van der Waals surface area contributed by atoms with Crippen molar-refractivity contribution in [1.82, 2.24) is 0 Å². The Kier molecular flexibility index (Phi) is 6.63. The highest BCUT2D eigenvalue weighted by Crippen LogP contribution is 2.16. The molecule has 0 aliphatic carbocycles. The van der Waals surface area contributed by atoms with Gasteiger partial charge in [0.1, 0.15) is 11.6 Å². The Labute approximate surface area is 164 Å². The Hall–Kier alpha value is -3.34. The summed E-state index contributed by atoms with van der Waals surface area (Å²) in [7, 11) is 1.66. The minimum Gasteiger partial charge on any atom is -0.497 e. The Morgan fingerprint density at radius 2 is 1.71 bits per heavy atom. The number of hydrogen-bond donors (Lipinski definition) is 2. The maximum atomic E-state index is 13.6. The molecule has 3 aromatic rings. The average Bonchev–Trinajstić information content (AvgIpc) is 2.71. The summed E-state index contributed by atoms with van der Waals surface area (Å²) in [6, 6.07) is 21.8. The van der Waals surface area contributed by atoms with Crippen LogP contribution in [0.5, 0.6) is 5.75 Å². The lowest BCUT2D eigenvalue weighted by Gasteiger charge is -2.10. The van der Waals surface area contributed by atoms with Crippen molar-refractivity contribution in [2.24, 2.45) is 0 Å². The fourth-order valence-corrected chi connectivity index (χ4v) is 2.87. The zero-order valence-corrected chi connectivity index (χ0v) is 15.7. The Morgan fingerprint density at radius 1 is 0.964 bits per heavy atom. The molecule has 2 N–H and O–H groups in total. The van der Waals surface area contributed by atoms with Gasteiger partial charge in [0.05, 0.1) is 13.5 Å². The second-order valence-corrected chi connectivity index (χ2v) is 6.42. The van der Waals surface area contributed by atoms with Gasteiger partial charge in [-0.3, -0.25) is 4.79 Å². The first kappa shape index (κ1) is 19.4. The maximum Gasteiger partial charge on any atom is 0.228 e. The number of halogens is 1. The number of ether oxygens (including phenoxy) is 1. The fourth-order valence-electron chi connectivity index (χ4n) is 2.87. The molecule has 0 unspecified atom stereocenters. The van der Waals surface area contributed by atoms with E-state index in [1.807, 2.05) is 42.5 Å². The van der Waals surface area contributed by atoms with Crippen LogP contribution in [0.3, 0.4) is 0 Å². The van der Waals surface area contributed by atoms with Crippen molar-refractivity contribution in [2.45, 2.75) is 12.8 Å². The molecule has 0 bridgehead atoms. The van der Waals surface area contributed by atoms with Gasteiger partial charge in [-0.2, -0.15) is 0 Å². The molecule has 5 heteroatoms. The fraction of sp³-hybridized carbons (Fsp3) is 0.174. The van der Waals surface area contributed by atoms with E-state index < -0.39 is 0 Å². The lowest BCUT2D eigenvalue weighted by molar-refractivity contribution is -0.115. The molecule has 0 radical (unpaired) electrons. The maximum absolute atomic E-state index is 13.6. The quantitative estimate of drug-likeness (QED) is 0.599. The SMILES string of the molecule is COc1cccc(CCNc2ccc(NC(=O)Cc3ccccc3F)cc2)c1. The van der Waals surface area contributed by atoms with E-state index in [-0.39, 0.29) is 18.1 Å². The molecule has 0 saturated carbocycles. The molecule has 4 nitrogen and oxygen atoms in total. The molecule has 0 spiro atoms. The van der Waals surface area contributed by atoms with Crippen LogP contribution in [0.1, 0.15) is 11.1 Å². The number of methoxy groups -OCH3 is 1. The molecule has 0 fully saturated rings. The Morgan fingerprint density at radius 3 is 2.46 bits per heavy atom. The van der Waals surface area contributed by atoms with Crippen molar-refractivity contribution in [3.05, 3.63) is 89.7 Å². The second kappa shape index (κ2) is 9.55. The number of carbonyl (C=O) groups is 1. The van der Waals surface area contributed by atoms with Crippen molar-refractivity contribution in [3.8, 4) is 5.75 Å². The molecular formula is C23H23FN2O2. The Balaban J connectivity index is 1.48. The van der Waals surface area contributed by atoms with Crippen LogP contribution in [-0.4, -0.2) is 19.6 Å². The van der Waals surface area contributed by atoms with Crippen molar-refractivity contribution in [3.63, 3.8) is 0 Å². The van der Waals surface area contributed by atoms with Gasteiger partial charge in [-0.15, -0.1) is 0 Å².